The van der Waals surface area contributed by atoms with Gasteiger partial charge in [-0.3, -0.25) is 10.1 Å². The molecule has 5 nitrogen and oxygen atoms in total. The fraction of sp³-hybridized carbons (Fsp3) is 0.294. The molecule has 1 unspecified atom stereocenters. The van der Waals surface area contributed by atoms with Gasteiger partial charge in [-0.1, -0.05) is 30.3 Å². The number of carbonyl (C=O) groups is 2. The van der Waals surface area contributed by atoms with Crippen molar-refractivity contribution in [3.8, 4) is 0 Å². The van der Waals surface area contributed by atoms with Gasteiger partial charge in [-0.05, 0) is 36.8 Å². The first kappa shape index (κ1) is 15.8. The van der Waals surface area contributed by atoms with E-state index in [9.17, 15) is 9.59 Å². The average molecular weight is 299 g/mol. The predicted octanol–water partition coefficient (Wildman–Crippen LogP) is 2.51. The van der Waals surface area contributed by atoms with Crippen LogP contribution >= 0.6 is 0 Å². The molecule has 0 aliphatic carbocycles. The van der Waals surface area contributed by atoms with Gasteiger partial charge in [0.2, 0.25) is 5.91 Å². The molecule has 0 spiro atoms. The highest BCUT2D eigenvalue weighted by Gasteiger charge is 2.20. The van der Waals surface area contributed by atoms with Crippen LogP contribution in [0.5, 0.6) is 0 Å². The van der Waals surface area contributed by atoms with Crippen LogP contribution in [0.15, 0.2) is 42.5 Å². The lowest BCUT2D eigenvalue weighted by Gasteiger charge is -2.26. The number of amides is 3. The third-order valence-electron chi connectivity index (χ3n) is 3.67. The zero-order valence-electron chi connectivity index (χ0n) is 13.1. The van der Waals surface area contributed by atoms with E-state index in [4.69, 9.17) is 0 Å². The Bertz CT molecular complexity index is 684. The number of carbonyl (C=O) groups excluding carboxylic acids is 2. The molecule has 0 aromatic heterocycles. The molecule has 116 valence electrons. The summed E-state index contributed by atoms with van der Waals surface area (Å²) in [5.74, 6) is -0.332. The minimum Gasteiger partial charge on any atom is -0.363 e. The number of fused-ring (bicyclic) bond motifs is 1. The van der Waals surface area contributed by atoms with E-state index in [-0.39, 0.29) is 5.91 Å². The fourth-order valence-corrected chi connectivity index (χ4v) is 2.22. The zero-order valence-corrected chi connectivity index (χ0v) is 13.1. The molecule has 1 atom stereocenters. The molecule has 3 amide bonds. The highest BCUT2D eigenvalue weighted by molar-refractivity contribution is 5.98. The van der Waals surface area contributed by atoms with Crippen LogP contribution in [0.2, 0.25) is 0 Å². The van der Waals surface area contributed by atoms with Crippen molar-refractivity contribution in [2.24, 2.45) is 0 Å². The minimum absolute atomic E-state index is 0.332. The van der Waals surface area contributed by atoms with Crippen molar-refractivity contribution in [3.05, 3.63) is 42.5 Å². The Labute approximate surface area is 130 Å². The maximum Gasteiger partial charge on any atom is 0.321 e. The molecule has 0 saturated heterocycles. The molecule has 2 rings (SSSR count). The van der Waals surface area contributed by atoms with Crippen molar-refractivity contribution >= 4 is 28.4 Å². The number of urea groups is 1. The Kier molecular flexibility index (Phi) is 4.99. The molecule has 0 fully saturated rings. The number of rotatable bonds is 4. The molecular formula is C17H21N3O2. The Balaban J connectivity index is 2.12. The van der Waals surface area contributed by atoms with Gasteiger partial charge in [0.15, 0.2) is 0 Å². The summed E-state index contributed by atoms with van der Waals surface area (Å²) in [4.78, 5) is 25.4. The van der Waals surface area contributed by atoms with Crippen LogP contribution in [-0.2, 0) is 4.79 Å². The topological polar surface area (TPSA) is 61.4 Å². The fourth-order valence-electron chi connectivity index (χ4n) is 2.22. The van der Waals surface area contributed by atoms with Crippen LogP contribution in [0.3, 0.4) is 0 Å². The predicted molar refractivity (Wildman–Crippen MR) is 89.0 cm³/mol. The highest BCUT2D eigenvalue weighted by Crippen LogP contribution is 2.22. The van der Waals surface area contributed by atoms with Crippen molar-refractivity contribution in [1.29, 1.82) is 0 Å². The molecule has 0 saturated carbocycles. The number of nitrogens with one attached hydrogen (secondary N) is 2. The van der Waals surface area contributed by atoms with Crippen molar-refractivity contribution in [3.63, 3.8) is 0 Å². The monoisotopic (exact) mass is 299 g/mol. The van der Waals surface area contributed by atoms with Crippen LogP contribution < -0.4 is 15.5 Å². The number of likely N-dealkylation sites (N-methyl/N-ethyl adjacent to an activating group) is 1. The second kappa shape index (κ2) is 6.93. The van der Waals surface area contributed by atoms with Gasteiger partial charge in [-0.15, -0.1) is 0 Å². The van der Waals surface area contributed by atoms with Crippen LogP contribution in [0.25, 0.3) is 10.8 Å². The summed E-state index contributed by atoms with van der Waals surface area (Å²) in [6.07, 6.45) is 0. The van der Waals surface area contributed by atoms with Gasteiger partial charge >= 0.3 is 6.03 Å². The quantitative estimate of drug-likeness (QED) is 0.912. The Morgan fingerprint density at radius 1 is 1.14 bits per heavy atom. The molecule has 0 bridgehead atoms. The molecule has 22 heavy (non-hydrogen) atoms. The Morgan fingerprint density at radius 2 is 1.82 bits per heavy atom. The van der Waals surface area contributed by atoms with Gasteiger partial charge in [-0.25, -0.2) is 4.79 Å². The minimum atomic E-state index is -0.466. The molecule has 0 radical (unpaired) electrons. The van der Waals surface area contributed by atoms with Gasteiger partial charge in [0.1, 0.15) is 6.04 Å². The lowest BCUT2D eigenvalue weighted by Crippen LogP contribution is -2.48. The number of anilines is 1. The van der Waals surface area contributed by atoms with E-state index in [1.165, 1.54) is 0 Å². The molecule has 2 N–H and O–H groups in total. The van der Waals surface area contributed by atoms with E-state index < -0.39 is 12.1 Å². The summed E-state index contributed by atoms with van der Waals surface area (Å²) in [5, 5.41) is 7.15. The third kappa shape index (κ3) is 3.55. The van der Waals surface area contributed by atoms with E-state index in [0.29, 0.717) is 6.54 Å². The highest BCUT2D eigenvalue weighted by atomic mass is 16.2. The largest absolute Gasteiger partial charge is 0.363 e. The lowest BCUT2D eigenvalue weighted by atomic mass is 10.1. The van der Waals surface area contributed by atoms with Crippen molar-refractivity contribution in [2.45, 2.75) is 19.9 Å². The van der Waals surface area contributed by atoms with Crippen LogP contribution in [0.1, 0.15) is 13.8 Å². The van der Waals surface area contributed by atoms with Gasteiger partial charge in [0.05, 0.1) is 0 Å². The third-order valence-corrected chi connectivity index (χ3v) is 3.67. The maximum absolute atomic E-state index is 12.1. The summed E-state index contributed by atoms with van der Waals surface area (Å²) in [6.45, 7) is 4.05. The second-order valence-electron chi connectivity index (χ2n) is 5.17. The molecule has 2 aromatic rings. The molecule has 0 aliphatic heterocycles. The summed E-state index contributed by atoms with van der Waals surface area (Å²) in [6, 6.07) is 13.2. The van der Waals surface area contributed by atoms with E-state index >= 15 is 0 Å². The number of imide groups is 1. The smallest absolute Gasteiger partial charge is 0.321 e. The van der Waals surface area contributed by atoms with Gasteiger partial charge in [0, 0.05) is 19.3 Å². The van der Waals surface area contributed by atoms with Crippen molar-refractivity contribution in [1.82, 2.24) is 10.6 Å². The standard InChI is InChI=1S/C17H21N3O2/c1-4-18-17(22)19-16(21)12(2)20(3)15-10-9-13-7-5-6-8-14(13)11-15/h5-12H,4H2,1-3H3,(H2,18,19,21,22). The van der Waals surface area contributed by atoms with E-state index in [2.05, 4.69) is 10.6 Å². The molecule has 2 aromatic carbocycles. The van der Waals surface area contributed by atoms with Crippen LogP contribution in [0.4, 0.5) is 10.5 Å². The second-order valence-corrected chi connectivity index (χ2v) is 5.17. The lowest BCUT2D eigenvalue weighted by molar-refractivity contribution is -0.120. The number of nitrogens with zero attached hydrogens (tertiary/aromatic N) is 1. The average Bonchev–Trinajstić information content (AvgIpc) is 2.53. The molecule has 0 heterocycles. The first-order chi connectivity index (χ1) is 10.5. The summed E-state index contributed by atoms with van der Waals surface area (Å²) >= 11 is 0. The normalized spacial score (nSPS) is 11.8. The Morgan fingerprint density at radius 3 is 2.50 bits per heavy atom. The summed E-state index contributed by atoms with van der Waals surface area (Å²) in [5.41, 5.74) is 0.928. The summed E-state index contributed by atoms with van der Waals surface area (Å²) in [7, 11) is 1.84. The van der Waals surface area contributed by atoms with Crippen LogP contribution in [-0.4, -0.2) is 31.6 Å². The Hall–Kier alpha value is -2.56. The SMILES string of the molecule is CCNC(=O)NC(=O)C(C)N(C)c1ccc2ccccc2c1. The first-order valence-electron chi connectivity index (χ1n) is 7.33. The van der Waals surface area contributed by atoms with Gasteiger partial charge in [0.25, 0.3) is 0 Å². The van der Waals surface area contributed by atoms with Gasteiger partial charge in [-0.2, -0.15) is 0 Å². The summed E-state index contributed by atoms with van der Waals surface area (Å²) < 4.78 is 0. The van der Waals surface area contributed by atoms with Crippen molar-refractivity contribution in [2.75, 3.05) is 18.5 Å². The van der Waals surface area contributed by atoms with Crippen LogP contribution in [0, 0.1) is 0 Å². The number of benzene rings is 2. The number of hydrogen-bond acceptors (Lipinski definition) is 3. The van der Waals surface area contributed by atoms with E-state index in [1.807, 2.05) is 54.4 Å². The maximum atomic E-state index is 12.1. The van der Waals surface area contributed by atoms with E-state index in [1.54, 1.807) is 13.8 Å². The first-order valence-corrected chi connectivity index (χ1v) is 7.33. The van der Waals surface area contributed by atoms with Crippen molar-refractivity contribution < 1.29 is 9.59 Å². The molecule has 0 aliphatic rings. The zero-order chi connectivity index (χ0) is 16.1. The van der Waals surface area contributed by atoms with Gasteiger partial charge < -0.3 is 10.2 Å². The number of hydrogen-bond donors (Lipinski definition) is 2. The molecular weight excluding hydrogens is 278 g/mol. The molecule has 5 heteroatoms. The van der Waals surface area contributed by atoms with E-state index in [0.717, 1.165) is 16.5 Å².